The van der Waals surface area contributed by atoms with Crippen molar-refractivity contribution < 1.29 is 4.74 Å². The smallest absolute Gasteiger partial charge is 0.136 e. The summed E-state index contributed by atoms with van der Waals surface area (Å²) in [6, 6.07) is 0. The molecule has 0 N–H and O–H groups in total. The molecule has 80 valence electrons. The van der Waals surface area contributed by atoms with E-state index in [0.717, 1.165) is 12.8 Å². The standard InChI is InChI=1S/C10H20Cl2O/c1-4-6-7-8-10(3,9(11)12)13-5-2/h9H,4-8H2,1-3H3. The first-order valence-electron chi connectivity index (χ1n) is 4.99. The molecule has 0 rings (SSSR count). The number of halogens is 2. The third kappa shape index (κ3) is 5.09. The van der Waals surface area contributed by atoms with Crippen LogP contribution in [0.5, 0.6) is 0 Å². The molecule has 3 heteroatoms. The Hall–Kier alpha value is 0.540. The molecule has 0 aliphatic carbocycles. The Balaban J connectivity index is 3.92. The summed E-state index contributed by atoms with van der Waals surface area (Å²) in [5, 5.41) is 0. The summed E-state index contributed by atoms with van der Waals surface area (Å²) in [4.78, 5) is -0.440. The Labute approximate surface area is 91.7 Å². The van der Waals surface area contributed by atoms with Crippen molar-refractivity contribution in [2.45, 2.75) is 56.9 Å². The molecule has 0 spiro atoms. The Morgan fingerprint density at radius 1 is 1.23 bits per heavy atom. The molecule has 0 aromatic rings. The van der Waals surface area contributed by atoms with E-state index in [1.807, 2.05) is 13.8 Å². The third-order valence-corrected chi connectivity index (χ3v) is 3.14. The van der Waals surface area contributed by atoms with Crippen LogP contribution in [-0.2, 0) is 4.74 Å². The van der Waals surface area contributed by atoms with Crippen LogP contribution in [0.1, 0.15) is 46.5 Å². The predicted molar refractivity (Wildman–Crippen MR) is 59.7 cm³/mol. The molecular formula is C10H20Cl2O. The highest BCUT2D eigenvalue weighted by atomic mass is 35.5. The van der Waals surface area contributed by atoms with E-state index in [9.17, 15) is 0 Å². The Morgan fingerprint density at radius 3 is 2.23 bits per heavy atom. The zero-order chi connectivity index (χ0) is 10.3. The largest absolute Gasteiger partial charge is 0.373 e. The van der Waals surface area contributed by atoms with Crippen LogP contribution in [0.2, 0.25) is 0 Å². The first kappa shape index (κ1) is 13.5. The van der Waals surface area contributed by atoms with Gasteiger partial charge in [0.25, 0.3) is 0 Å². The van der Waals surface area contributed by atoms with E-state index in [0.29, 0.717) is 6.61 Å². The van der Waals surface area contributed by atoms with Gasteiger partial charge in [0.2, 0.25) is 0 Å². The van der Waals surface area contributed by atoms with Crippen LogP contribution in [0.3, 0.4) is 0 Å². The van der Waals surface area contributed by atoms with Crippen LogP contribution >= 0.6 is 23.2 Å². The van der Waals surface area contributed by atoms with E-state index in [2.05, 4.69) is 6.92 Å². The van der Waals surface area contributed by atoms with Crippen LogP contribution in [0.4, 0.5) is 0 Å². The maximum absolute atomic E-state index is 5.88. The molecule has 0 heterocycles. The van der Waals surface area contributed by atoms with E-state index < -0.39 is 4.84 Å². The molecule has 0 aromatic heterocycles. The van der Waals surface area contributed by atoms with E-state index >= 15 is 0 Å². The maximum Gasteiger partial charge on any atom is 0.136 e. The Bertz CT molecular complexity index is 128. The lowest BCUT2D eigenvalue weighted by Crippen LogP contribution is -2.35. The van der Waals surface area contributed by atoms with E-state index in [1.165, 1.54) is 12.8 Å². The van der Waals surface area contributed by atoms with Gasteiger partial charge in [-0.2, -0.15) is 0 Å². The summed E-state index contributed by atoms with van der Waals surface area (Å²) in [7, 11) is 0. The lowest BCUT2D eigenvalue weighted by molar-refractivity contribution is -0.0221. The van der Waals surface area contributed by atoms with Crippen LogP contribution in [0.15, 0.2) is 0 Å². The van der Waals surface area contributed by atoms with Gasteiger partial charge in [0, 0.05) is 6.61 Å². The van der Waals surface area contributed by atoms with Gasteiger partial charge in [0.1, 0.15) is 4.84 Å². The van der Waals surface area contributed by atoms with Gasteiger partial charge in [0.15, 0.2) is 0 Å². The molecule has 1 nitrogen and oxygen atoms in total. The molecule has 1 unspecified atom stereocenters. The van der Waals surface area contributed by atoms with Crippen molar-refractivity contribution in [3.05, 3.63) is 0 Å². The number of rotatable bonds is 7. The van der Waals surface area contributed by atoms with Crippen molar-refractivity contribution in [3.63, 3.8) is 0 Å². The molecule has 13 heavy (non-hydrogen) atoms. The molecule has 0 aliphatic rings. The van der Waals surface area contributed by atoms with Crippen LogP contribution in [0, 0.1) is 0 Å². The third-order valence-electron chi connectivity index (χ3n) is 2.21. The fraction of sp³-hybridized carbons (Fsp3) is 1.00. The van der Waals surface area contributed by atoms with Crippen molar-refractivity contribution in [1.29, 1.82) is 0 Å². The summed E-state index contributed by atoms with van der Waals surface area (Å²) in [5.74, 6) is 0. The molecule has 0 saturated heterocycles. The Morgan fingerprint density at radius 2 is 1.85 bits per heavy atom. The molecule has 0 radical (unpaired) electrons. The second-order valence-corrected chi connectivity index (χ2v) is 4.60. The quantitative estimate of drug-likeness (QED) is 0.468. The molecule has 0 aromatic carbocycles. The van der Waals surface area contributed by atoms with E-state index in [1.54, 1.807) is 0 Å². The molecule has 0 fully saturated rings. The summed E-state index contributed by atoms with van der Waals surface area (Å²) >= 11 is 11.8. The van der Waals surface area contributed by atoms with Gasteiger partial charge in [0.05, 0.1) is 5.60 Å². The molecule has 0 bridgehead atoms. The van der Waals surface area contributed by atoms with E-state index in [-0.39, 0.29) is 5.60 Å². The Kier molecular flexibility index (Phi) is 7.20. The van der Waals surface area contributed by atoms with Crippen molar-refractivity contribution >= 4 is 23.2 Å². The first-order chi connectivity index (χ1) is 6.06. The lowest BCUT2D eigenvalue weighted by Gasteiger charge is -2.30. The number of hydrogen-bond donors (Lipinski definition) is 0. The van der Waals surface area contributed by atoms with Gasteiger partial charge in [-0.05, 0) is 20.3 Å². The highest BCUT2D eigenvalue weighted by molar-refractivity contribution is 6.45. The topological polar surface area (TPSA) is 9.23 Å². The normalized spacial score (nSPS) is 16.2. The predicted octanol–water partition coefficient (Wildman–Crippen LogP) is 4.17. The van der Waals surface area contributed by atoms with Crippen molar-refractivity contribution in [2.24, 2.45) is 0 Å². The SMILES string of the molecule is CCCCCC(C)(OCC)C(Cl)Cl. The fourth-order valence-electron chi connectivity index (χ4n) is 1.30. The van der Waals surface area contributed by atoms with Crippen LogP contribution < -0.4 is 0 Å². The van der Waals surface area contributed by atoms with Gasteiger partial charge in [-0.25, -0.2) is 0 Å². The van der Waals surface area contributed by atoms with Crippen molar-refractivity contribution in [1.82, 2.24) is 0 Å². The molecular weight excluding hydrogens is 207 g/mol. The second-order valence-electron chi connectivity index (χ2n) is 3.50. The maximum atomic E-state index is 5.88. The van der Waals surface area contributed by atoms with Crippen LogP contribution in [0.25, 0.3) is 0 Å². The van der Waals surface area contributed by atoms with Gasteiger partial charge >= 0.3 is 0 Å². The zero-order valence-corrected chi connectivity index (χ0v) is 10.3. The zero-order valence-electron chi connectivity index (χ0n) is 8.78. The highest BCUT2D eigenvalue weighted by Gasteiger charge is 2.31. The molecule has 0 saturated carbocycles. The van der Waals surface area contributed by atoms with Crippen LogP contribution in [-0.4, -0.2) is 17.0 Å². The van der Waals surface area contributed by atoms with Gasteiger partial charge in [-0.15, -0.1) is 23.2 Å². The highest BCUT2D eigenvalue weighted by Crippen LogP contribution is 2.29. The molecule has 0 aliphatic heterocycles. The molecule has 0 amide bonds. The monoisotopic (exact) mass is 226 g/mol. The molecule has 1 atom stereocenters. The minimum absolute atomic E-state index is 0.368. The first-order valence-corrected chi connectivity index (χ1v) is 5.86. The summed E-state index contributed by atoms with van der Waals surface area (Å²) in [6.45, 7) is 6.79. The van der Waals surface area contributed by atoms with E-state index in [4.69, 9.17) is 27.9 Å². The minimum atomic E-state index is -0.440. The fourth-order valence-corrected chi connectivity index (χ4v) is 1.64. The number of hydrogen-bond acceptors (Lipinski definition) is 1. The lowest BCUT2D eigenvalue weighted by atomic mass is 10.00. The average molecular weight is 227 g/mol. The van der Waals surface area contributed by atoms with Crippen molar-refractivity contribution in [3.8, 4) is 0 Å². The summed E-state index contributed by atoms with van der Waals surface area (Å²) in [5.41, 5.74) is -0.368. The number of alkyl halides is 2. The van der Waals surface area contributed by atoms with Crippen molar-refractivity contribution in [2.75, 3.05) is 6.61 Å². The van der Waals surface area contributed by atoms with Gasteiger partial charge < -0.3 is 4.74 Å². The number of ether oxygens (including phenoxy) is 1. The van der Waals surface area contributed by atoms with Gasteiger partial charge in [-0.1, -0.05) is 26.2 Å². The number of unbranched alkanes of at least 4 members (excludes halogenated alkanes) is 2. The minimum Gasteiger partial charge on any atom is -0.373 e. The second kappa shape index (κ2) is 6.92. The van der Waals surface area contributed by atoms with Gasteiger partial charge in [-0.3, -0.25) is 0 Å². The summed E-state index contributed by atoms with van der Waals surface area (Å²) < 4.78 is 5.57. The average Bonchev–Trinajstić information content (AvgIpc) is 2.05. The summed E-state index contributed by atoms with van der Waals surface area (Å²) in [6.07, 6.45) is 4.48.